The van der Waals surface area contributed by atoms with Crippen LogP contribution in [0.3, 0.4) is 0 Å². The Morgan fingerprint density at radius 3 is 2.55 bits per heavy atom. The van der Waals surface area contributed by atoms with Crippen LogP contribution in [-0.2, 0) is 4.79 Å². The number of halogens is 1. The molecule has 0 unspecified atom stereocenters. The van der Waals surface area contributed by atoms with Gasteiger partial charge in [0.05, 0.1) is 23.6 Å². The summed E-state index contributed by atoms with van der Waals surface area (Å²) in [6.07, 6.45) is 10.4. The number of phenols is 1. The minimum atomic E-state index is -0.718. The van der Waals surface area contributed by atoms with Crippen LogP contribution < -0.4 is 20.7 Å². The number of aromatic nitrogens is 3. The van der Waals surface area contributed by atoms with Crippen LogP contribution in [0.5, 0.6) is 11.5 Å². The first-order valence-corrected chi connectivity index (χ1v) is 18.4. The SMILES string of the molecule is C[C@@]1(N2CCOc3c(C4CCC(N5CCC(c6ccnc(-c7cc(-c8cccc(F)c8O)nnc7N)c6)CC5)CC4)cccc32)CCCNC1=O. The van der Waals surface area contributed by atoms with Gasteiger partial charge in [-0.05, 0) is 131 Å². The van der Waals surface area contributed by atoms with E-state index >= 15 is 0 Å². The standard InChI is InChI=1S/C40H46FN7O3/c1-40(16-4-17-44-39(40)50)48-21-22-51-37-29(5-3-8-35(37)48)26-9-11-28(12-10-26)47-19-14-25(15-20-47)27-13-18-43-33(23-27)31-24-34(45-46-38(31)42)30-6-2-7-32(41)36(30)49/h2-3,5-8,13,18,23-26,28,49H,4,9-12,14-17,19-22H2,1H3,(H2,42,46)(H,44,50)/t26?,28?,40-/m1/s1. The number of para-hydroxylation sites is 2. The summed E-state index contributed by atoms with van der Waals surface area (Å²) in [6, 6.07) is 17.3. The molecule has 11 heteroatoms. The van der Waals surface area contributed by atoms with E-state index in [0.717, 1.165) is 76.1 Å². The highest BCUT2D eigenvalue weighted by molar-refractivity contribution is 5.91. The lowest BCUT2D eigenvalue weighted by Crippen LogP contribution is -2.61. The molecule has 1 amide bonds. The first-order chi connectivity index (χ1) is 24.8. The molecule has 4 N–H and O–H groups in total. The van der Waals surface area contributed by atoms with Crippen LogP contribution in [0, 0.1) is 5.82 Å². The topological polar surface area (TPSA) is 130 Å². The van der Waals surface area contributed by atoms with Crippen molar-refractivity contribution in [3.8, 4) is 34.0 Å². The largest absolute Gasteiger partial charge is 0.504 e. The number of nitrogen functional groups attached to an aromatic ring is 1. The van der Waals surface area contributed by atoms with E-state index in [1.807, 2.05) is 6.20 Å². The Morgan fingerprint density at radius 1 is 0.941 bits per heavy atom. The summed E-state index contributed by atoms with van der Waals surface area (Å²) in [5.41, 5.74) is 11.2. The van der Waals surface area contributed by atoms with Crippen molar-refractivity contribution in [3.63, 3.8) is 0 Å². The predicted octanol–water partition coefficient (Wildman–Crippen LogP) is 6.41. The number of phenolic OH excluding ortho intramolecular Hbond substituents is 1. The van der Waals surface area contributed by atoms with Gasteiger partial charge in [0.1, 0.15) is 17.9 Å². The van der Waals surface area contributed by atoms with Gasteiger partial charge in [-0.3, -0.25) is 9.78 Å². The van der Waals surface area contributed by atoms with Crippen molar-refractivity contribution in [3.05, 3.63) is 77.7 Å². The number of nitrogens with one attached hydrogen (secondary N) is 1. The summed E-state index contributed by atoms with van der Waals surface area (Å²) in [7, 11) is 0. The predicted molar refractivity (Wildman–Crippen MR) is 195 cm³/mol. The average Bonchev–Trinajstić information content (AvgIpc) is 3.17. The number of carbonyl (C=O) groups excluding carboxylic acids is 1. The normalized spacial score (nSPS) is 24.4. The molecule has 4 aliphatic rings. The fourth-order valence-electron chi connectivity index (χ4n) is 8.96. The second kappa shape index (κ2) is 13.7. The van der Waals surface area contributed by atoms with Crippen molar-refractivity contribution < 1.29 is 19.0 Å². The van der Waals surface area contributed by atoms with Gasteiger partial charge < -0.3 is 30.7 Å². The Balaban J connectivity index is 0.908. The Morgan fingerprint density at radius 2 is 1.75 bits per heavy atom. The highest BCUT2D eigenvalue weighted by Crippen LogP contribution is 2.47. The van der Waals surface area contributed by atoms with Crippen LogP contribution in [0.25, 0.3) is 22.5 Å². The molecular weight excluding hydrogens is 645 g/mol. The second-order valence-corrected chi connectivity index (χ2v) is 14.8. The lowest BCUT2D eigenvalue weighted by atomic mass is 9.79. The molecule has 1 aliphatic carbocycles. The van der Waals surface area contributed by atoms with Gasteiger partial charge in [0.25, 0.3) is 0 Å². The zero-order chi connectivity index (χ0) is 35.1. The van der Waals surface area contributed by atoms with E-state index in [4.69, 9.17) is 10.5 Å². The molecule has 5 heterocycles. The van der Waals surface area contributed by atoms with Crippen LogP contribution in [0.4, 0.5) is 15.9 Å². The molecule has 0 spiro atoms. The van der Waals surface area contributed by atoms with Crippen molar-refractivity contribution in [1.82, 2.24) is 25.4 Å². The highest BCUT2D eigenvalue weighted by Gasteiger charge is 2.44. The average molecular weight is 692 g/mol. The molecule has 2 saturated heterocycles. The van der Waals surface area contributed by atoms with Crippen LogP contribution in [-0.4, -0.2) is 75.5 Å². The Kier molecular flexibility index (Phi) is 9.00. The molecular formula is C40H46FN7O3. The van der Waals surface area contributed by atoms with Gasteiger partial charge in [-0.2, -0.15) is 0 Å². The maximum Gasteiger partial charge on any atom is 0.245 e. The maximum absolute atomic E-state index is 14.0. The summed E-state index contributed by atoms with van der Waals surface area (Å²) < 4.78 is 20.4. The summed E-state index contributed by atoms with van der Waals surface area (Å²) in [5.74, 6) is 1.01. The van der Waals surface area contributed by atoms with Gasteiger partial charge in [0, 0.05) is 29.9 Å². The quantitative estimate of drug-likeness (QED) is 0.210. The molecule has 4 aromatic rings. The van der Waals surface area contributed by atoms with Crippen molar-refractivity contribution in [2.45, 2.75) is 81.7 Å². The monoisotopic (exact) mass is 691 g/mol. The van der Waals surface area contributed by atoms with Crippen LogP contribution in [0.2, 0.25) is 0 Å². The van der Waals surface area contributed by atoms with Gasteiger partial charge in [-0.1, -0.05) is 18.2 Å². The number of amides is 1. The van der Waals surface area contributed by atoms with Crippen molar-refractivity contribution in [2.24, 2.45) is 0 Å². The van der Waals surface area contributed by atoms with E-state index in [2.05, 4.69) is 67.6 Å². The molecule has 0 radical (unpaired) electrons. The molecule has 3 aliphatic heterocycles. The Labute approximate surface area is 298 Å². The number of anilines is 2. The third kappa shape index (κ3) is 6.26. The number of aromatic hydroxyl groups is 1. The van der Waals surface area contributed by atoms with Gasteiger partial charge in [0.15, 0.2) is 17.4 Å². The molecule has 51 heavy (non-hydrogen) atoms. The lowest BCUT2D eigenvalue weighted by molar-refractivity contribution is -0.127. The van der Waals surface area contributed by atoms with Crippen molar-refractivity contribution >= 4 is 17.4 Å². The molecule has 3 fully saturated rings. The van der Waals surface area contributed by atoms with Gasteiger partial charge >= 0.3 is 0 Å². The fraction of sp³-hybridized carbons (Fsp3) is 0.450. The van der Waals surface area contributed by atoms with Crippen molar-refractivity contribution in [2.75, 3.05) is 43.4 Å². The number of rotatable bonds is 6. The minimum Gasteiger partial charge on any atom is -0.504 e. The smallest absolute Gasteiger partial charge is 0.245 e. The molecule has 266 valence electrons. The van der Waals surface area contributed by atoms with Crippen molar-refractivity contribution in [1.29, 1.82) is 0 Å². The molecule has 10 nitrogen and oxygen atoms in total. The molecule has 1 saturated carbocycles. The zero-order valence-electron chi connectivity index (χ0n) is 29.2. The number of nitrogens with two attached hydrogens (primary N) is 1. The van der Waals surface area contributed by atoms with Gasteiger partial charge in [0.2, 0.25) is 5.91 Å². The number of nitrogens with zero attached hydrogens (tertiary/aromatic N) is 5. The molecule has 1 atom stereocenters. The molecule has 8 rings (SSSR count). The lowest BCUT2D eigenvalue weighted by Gasteiger charge is -2.47. The number of benzene rings is 2. The van der Waals surface area contributed by atoms with E-state index < -0.39 is 17.1 Å². The Bertz CT molecular complexity index is 1920. The third-order valence-electron chi connectivity index (χ3n) is 11.9. The fourth-order valence-corrected chi connectivity index (χ4v) is 8.96. The molecule has 2 aromatic carbocycles. The number of pyridine rings is 1. The minimum absolute atomic E-state index is 0.120. The number of carbonyl (C=O) groups is 1. The third-order valence-corrected chi connectivity index (χ3v) is 11.9. The van der Waals surface area contributed by atoms with Crippen LogP contribution in [0.15, 0.2) is 60.8 Å². The molecule has 0 bridgehead atoms. The number of fused-ring (bicyclic) bond motifs is 1. The number of ether oxygens (including phenoxy) is 1. The van der Waals surface area contributed by atoms with Crippen LogP contribution in [0.1, 0.15) is 81.3 Å². The maximum atomic E-state index is 14.0. The van der Waals surface area contributed by atoms with Crippen LogP contribution >= 0.6 is 0 Å². The van der Waals surface area contributed by atoms with E-state index in [1.165, 1.54) is 36.1 Å². The highest BCUT2D eigenvalue weighted by atomic mass is 19.1. The summed E-state index contributed by atoms with van der Waals surface area (Å²) in [5, 5.41) is 21.6. The van der Waals surface area contributed by atoms with Gasteiger partial charge in [-0.15, -0.1) is 10.2 Å². The summed E-state index contributed by atoms with van der Waals surface area (Å²) >= 11 is 0. The number of hydrogen-bond acceptors (Lipinski definition) is 9. The summed E-state index contributed by atoms with van der Waals surface area (Å²) in [4.78, 5) is 22.6. The first kappa shape index (κ1) is 33.4. The van der Waals surface area contributed by atoms with E-state index in [9.17, 15) is 14.3 Å². The first-order valence-electron chi connectivity index (χ1n) is 18.4. The van der Waals surface area contributed by atoms with E-state index in [-0.39, 0.29) is 17.3 Å². The number of piperidine rings is 2. The summed E-state index contributed by atoms with van der Waals surface area (Å²) in [6.45, 7) is 6.27. The van der Waals surface area contributed by atoms with Gasteiger partial charge in [-0.25, -0.2) is 4.39 Å². The number of likely N-dealkylation sites (tertiary alicyclic amines) is 1. The van der Waals surface area contributed by atoms with E-state index in [1.54, 1.807) is 12.1 Å². The number of hydrogen-bond donors (Lipinski definition) is 3. The second-order valence-electron chi connectivity index (χ2n) is 14.8. The Hall–Kier alpha value is -4.77. The molecule has 2 aromatic heterocycles. The zero-order valence-corrected chi connectivity index (χ0v) is 29.2. The van der Waals surface area contributed by atoms with E-state index in [0.29, 0.717) is 41.4 Å².